The number of ether oxygens (including phenoxy) is 1. The highest BCUT2D eigenvalue weighted by Gasteiger charge is 2.29. The van der Waals surface area contributed by atoms with E-state index in [0.29, 0.717) is 16.6 Å². The Bertz CT molecular complexity index is 1020. The molecule has 1 aliphatic rings. The number of amides is 1. The smallest absolute Gasteiger partial charge is 0.235 e. The van der Waals surface area contributed by atoms with E-state index in [1.165, 1.54) is 18.9 Å². The van der Waals surface area contributed by atoms with Crippen molar-refractivity contribution in [2.75, 3.05) is 18.2 Å². The number of aromatic nitrogens is 2. The summed E-state index contributed by atoms with van der Waals surface area (Å²) in [6.07, 6.45) is 1.67. The molecule has 0 saturated carbocycles. The van der Waals surface area contributed by atoms with Gasteiger partial charge >= 0.3 is 0 Å². The number of phenols is 1. The summed E-state index contributed by atoms with van der Waals surface area (Å²) in [5, 5.41) is 13.5. The normalized spacial score (nSPS) is 16.4. The molecule has 1 aromatic heterocycles. The van der Waals surface area contributed by atoms with Crippen molar-refractivity contribution in [2.45, 2.75) is 5.25 Å². The van der Waals surface area contributed by atoms with Gasteiger partial charge in [-0.3, -0.25) is 9.36 Å². The molecule has 138 valence electrons. The number of anilines is 1. The third-order valence-corrected chi connectivity index (χ3v) is 5.78. The fourth-order valence-electron chi connectivity index (χ4n) is 3.07. The fourth-order valence-corrected chi connectivity index (χ4v) is 4.36. The summed E-state index contributed by atoms with van der Waals surface area (Å²) in [7, 11) is 1.50. The van der Waals surface area contributed by atoms with Crippen molar-refractivity contribution in [3.8, 4) is 17.2 Å². The number of aromatic hydroxyl groups is 1. The number of benzene rings is 2. The molecule has 0 fully saturated rings. The summed E-state index contributed by atoms with van der Waals surface area (Å²) in [5.74, 6) is 1.12. The Hall–Kier alpha value is -2.64. The molecule has 1 aliphatic heterocycles. The van der Waals surface area contributed by atoms with E-state index in [-0.39, 0.29) is 22.7 Å². The highest BCUT2D eigenvalue weighted by Crippen LogP contribution is 2.44. The number of nitrogens with one attached hydrogen (secondary N) is 1. The molecule has 0 bridgehead atoms. The minimum atomic E-state index is -0.211. The summed E-state index contributed by atoms with van der Waals surface area (Å²) in [6, 6.07) is 12.7. The Balaban J connectivity index is 1.87. The summed E-state index contributed by atoms with van der Waals surface area (Å²) in [6.45, 7) is 0. The lowest BCUT2D eigenvalue weighted by atomic mass is 10.1. The fraction of sp³-hybridized carbons (Fsp3) is 0.158. The van der Waals surface area contributed by atoms with Crippen molar-refractivity contribution >= 4 is 35.1 Å². The zero-order valence-electron chi connectivity index (χ0n) is 14.3. The van der Waals surface area contributed by atoms with Crippen LogP contribution >= 0.6 is 23.4 Å². The van der Waals surface area contributed by atoms with Gasteiger partial charge in [-0.25, -0.2) is 4.98 Å². The van der Waals surface area contributed by atoms with E-state index in [4.69, 9.17) is 16.3 Å². The minimum Gasteiger partial charge on any atom is -0.504 e. The van der Waals surface area contributed by atoms with Crippen molar-refractivity contribution in [1.82, 2.24) is 9.55 Å². The van der Waals surface area contributed by atoms with Crippen molar-refractivity contribution in [1.29, 1.82) is 0 Å². The SMILES string of the molecule is COc1ccc([C@@H]2SCC(=O)Nc3ncn(-c4cccc(Cl)c4)c32)cc1O. The van der Waals surface area contributed by atoms with Gasteiger partial charge in [0.1, 0.15) is 6.33 Å². The molecule has 1 amide bonds. The molecule has 6 nitrogen and oxygen atoms in total. The van der Waals surface area contributed by atoms with Gasteiger partial charge in [-0.15, -0.1) is 11.8 Å². The summed E-state index contributed by atoms with van der Waals surface area (Å²) < 4.78 is 7.04. The highest BCUT2D eigenvalue weighted by molar-refractivity contribution is 8.00. The number of hydrogen-bond acceptors (Lipinski definition) is 5. The maximum Gasteiger partial charge on any atom is 0.235 e. The first-order valence-electron chi connectivity index (χ1n) is 8.18. The third-order valence-electron chi connectivity index (χ3n) is 4.28. The molecule has 0 radical (unpaired) electrons. The molecule has 0 aliphatic carbocycles. The zero-order valence-corrected chi connectivity index (χ0v) is 15.9. The summed E-state index contributed by atoms with van der Waals surface area (Å²) in [5.41, 5.74) is 2.51. The first-order chi connectivity index (χ1) is 13.1. The molecule has 3 aromatic rings. The predicted molar refractivity (Wildman–Crippen MR) is 106 cm³/mol. The lowest BCUT2D eigenvalue weighted by Crippen LogP contribution is -2.12. The largest absolute Gasteiger partial charge is 0.504 e. The average molecular weight is 402 g/mol. The number of fused-ring (bicyclic) bond motifs is 1. The molecule has 2 aromatic carbocycles. The van der Waals surface area contributed by atoms with Gasteiger partial charge in [0.2, 0.25) is 5.91 Å². The Labute approximate surface area is 165 Å². The molecule has 0 spiro atoms. The van der Waals surface area contributed by atoms with E-state index in [1.807, 2.05) is 28.8 Å². The molecule has 0 saturated heterocycles. The van der Waals surface area contributed by atoms with Gasteiger partial charge in [-0.2, -0.15) is 0 Å². The lowest BCUT2D eigenvalue weighted by Gasteiger charge is -2.19. The maximum atomic E-state index is 12.1. The Morgan fingerprint density at radius 1 is 1.33 bits per heavy atom. The number of hydrogen-bond donors (Lipinski definition) is 2. The van der Waals surface area contributed by atoms with E-state index in [9.17, 15) is 9.90 Å². The number of methoxy groups -OCH3 is 1. The highest BCUT2D eigenvalue weighted by atomic mass is 35.5. The second kappa shape index (κ2) is 7.17. The zero-order chi connectivity index (χ0) is 19.0. The van der Waals surface area contributed by atoms with Gasteiger partial charge in [0.25, 0.3) is 0 Å². The van der Waals surface area contributed by atoms with Crippen LogP contribution in [0.5, 0.6) is 11.5 Å². The second-order valence-corrected chi connectivity index (χ2v) is 7.53. The molecule has 1 atom stereocenters. The van der Waals surface area contributed by atoms with Crippen LogP contribution in [-0.2, 0) is 4.79 Å². The van der Waals surface area contributed by atoms with Crippen molar-refractivity contribution in [3.05, 3.63) is 65.1 Å². The van der Waals surface area contributed by atoms with Crippen LogP contribution in [-0.4, -0.2) is 33.4 Å². The first kappa shape index (κ1) is 17.8. The summed E-state index contributed by atoms with van der Waals surface area (Å²) >= 11 is 7.62. The van der Waals surface area contributed by atoms with Crippen LogP contribution in [0.15, 0.2) is 48.8 Å². The number of phenolic OH excluding ortho intramolecular Hbond substituents is 1. The van der Waals surface area contributed by atoms with Crippen LogP contribution in [0.25, 0.3) is 5.69 Å². The quantitative estimate of drug-likeness (QED) is 0.693. The maximum absolute atomic E-state index is 12.1. The number of nitrogens with zero attached hydrogens (tertiary/aromatic N) is 2. The van der Waals surface area contributed by atoms with Crippen molar-refractivity contribution in [3.63, 3.8) is 0 Å². The van der Waals surface area contributed by atoms with E-state index in [2.05, 4.69) is 10.3 Å². The second-order valence-electron chi connectivity index (χ2n) is 6.00. The number of imidazole rings is 1. The van der Waals surface area contributed by atoms with Gasteiger partial charge in [0, 0.05) is 10.7 Å². The molecular formula is C19H16ClN3O3S. The van der Waals surface area contributed by atoms with Gasteiger partial charge in [-0.05, 0) is 35.9 Å². The molecular weight excluding hydrogens is 386 g/mol. The topological polar surface area (TPSA) is 76.4 Å². The van der Waals surface area contributed by atoms with E-state index in [1.54, 1.807) is 24.5 Å². The molecule has 4 rings (SSSR count). The van der Waals surface area contributed by atoms with Crippen molar-refractivity contribution in [2.24, 2.45) is 0 Å². The van der Waals surface area contributed by atoms with Crippen molar-refractivity contribution < 1.29 is 14.6 Å². The number of carbonyl (C=O) groups is 1. The van der Waals surface area contributed by atoms with E-state index < -0.39 is 0 Å². The minimum absolute atomic E-state index is 0.0505. The van der Waals surface area contributed by atoms with Crippen LogP contribution in [0.2, 0.25) is 5.02 Å². The average Bonchev–Trinajstić information content (AvgIpc) is 2.98. The summed E-state index contributed by atoms with van der Waals surface area (Å²) in [4.78, 5) is 16.5. The number of rotatable bonds is 3. The Morgan fingerprint density at radius 2 is 2.19 bits per heavy atom. The van der Waals surface area contributed by atoms with Crippen LogP contribution < -0.4 is 10.1 Å². The van der Waals surface area contributed by atoms with Gasteiger partial charge in [0.05, 0.1) is 23.8 Å². The van der Waals surface area contributed by atoms with Gasteiger partial charge in [0.15, 0.2) is 17.3 Å². The Morgan fingerprint density at radius 3 is 2.93 bits per heavy atom. The molecule has 2 heterocycles. The van der Waals surface area contributed by atoms with Gasteiger partial charge in [-0.1, -0.05) is 23.7 Å². The predicted octanol–water partition coefficient (Wildman–Crippen LogP) is 4.01. The molecule has 8 heteroatoms. The van der Waals surface area contributed by atoms with E-state index in [0.717, 1.165) is 16.9 Å². The number of carbonyl (C=O) groups excluding carboxylic acids is 1. The molecule has 0 unspecified atom stereocenters. The molecule has 2 N–H and O–H groups in total. The standard InChI is InChI=1S/C19H16ClN3O3S/c1-26-15-6-5-11(7-14(15)24)18-17-19(22-16(25)9-27-18)21-10-23(17)13-4-2-3-12(20)8-13/h2-8,10,18,24H,9H2,1H3,(H,22,25)/t18-/m0/s1. The number of halogens is 1. The van der Waals surface area contributed by atoms with Gasteiger partial charge < -0.3 is 15.2 Å². The Kier molecular flexibility index (Phi) is 4.72. The van der Waals surface area contributed by atoms with Crippen LogP contribution in [0.4, 0.5) is 5.82 Å². The lowest BCUT2D eigenvalue weighted by molar-refractivity contribution is -0.113. The third kappa shape index (κ3) is 3.36. The van der Waals surface area contributed by atoms with Crippen LogP contribution in [0.3, 0.4) is 0 Å². The molecule has 27 heavy (non-hydrogen) atoms. The first-order valence-corrected chi connectivity index (χ1v) is 9.61. The monoisotopic (exact) mass is 401 g/mol. The van der Waals surface area contributed by atoms with Crippen LogP contribution in [0.1, 0.15) is 16.5 Å². The van der Waals surface area contributed by atoms with E-state index >= 15 is 0 Å². The number of thioether (sulfide) groups is 1. The van der Waals surface area contributed by atoms with Crippen LogP contribution in [0, 0.1) is 0 Å².